The molecule has 1 saturated carbocycles. The predicted molar refractivity (Wildman–Crippen MR) is 73.6 cm³/mol. The van der Waals surface area contributed by atoms with Crippen molar-refractivity contribution in [2.75, 3.05) is 6.61 Å². The summed E-state index contributed by atoms with van der Waals surface area (Å²) in [6, 6.07) is 1.97. The maximum absolute atomic E-state index is 12.0. The van der Waals surface area contributed by atoms with Crippen LogP contribution < -0.4 is 5.32 Å². The van der Waals surface area contributed by atoms with E-state index in [4.69, 9.17) is 0 Å². The van der Waals surface area contributed by atoms with Crippen molar-refractivity contribution in [3.05, 3.63) is 22.4 Å². The highest BCUT2D eigenvalue weighted by molar-refractivity contribution is 7.07. The average Bonchev–Trinajstić information content (AvgIpc) is 2.85. The highest BCUT2D eigenvalue weighted by Gasteiger charge is 2.34. The van der Waals surface area contributed by atoms with Gasteiger partial charge in [0.1, 0.15) is 0 Å². The van der Waals surface area contributed by atoms with Crippen LogP contribution in [0.5, 0.6) is 0 Å². The second-order valence-corrected chi connectivity index (χ2v) is 6.26. The summed E-state index contributed by atoms with van der Waals surface area (Å²) in [5, 5.41) is 16.6. The van der Waals surface area contributed by atoms with Crippen LogP contribution in [0.25, 0.3) is 0 Å². The van der Waals surface area contributed by atoms with Gasteiger partial charge in [0, 0.05) is 0 Å². The van der Waals surface area contributed by atoms with Gasteiger partial charge in [0.2, 0.25) is 5.91 Å². The lowest BCUT2D eigenvalue weighted by Crippen LogP contribution is -2.53. The van der Waals surface area contributed by atoms with Crippen molar-refractivity contribution in [1.82, 2.24) is 5.32 Å². The summed E-state index contributed by atoms with van der Waals surface area (Å²) >= 11 is 1.60. The maximum atomic E-state index is 12.0. The normalized spacial score (nSPS) is 28.0. The first-order valence-corrected chi connectivity index (χ1v) is 7.51. The van der Waals surface area contributed by atoms with Crippen LogP contribution >= 0.6 is 11.3 Å². The van der Waals surface area contributed by atoms with Gasteiger partial charge in [0.05, 0.1) is 18.6 Å². The van der Waals surface area contributed by atoms with Gasteiger partial charge in [-0.1, -0.05) is 6.92 Å². The van der Waals surface area contributed by atoms with Crippen molar-refractivity contribution >= 4 is 17.2 Å². The smallest absolute Gasteiger partial charge is 0.224 e. The first-order valence-electron chi connectivity index (χ1n) is 6.56. The quantitative estimate of drug-likeness (QED) is 0.880. The van der Waals surface area contributed by atoms with E-state index in [0.29, 0.717) is 12.3 Å². The highest BCUT2D eigenvalue weighted by Crippen LogP contribution is 2.31. The summed E-state index contributed by atoms with van der Waals surface area (Å²) in [6.07, 6.45) is 4.36. The van der Waals surface area contributed by atoms with Gasteiger partial charge in [0.15, 0.2) is 0 Å². The number of hydrogen-bond acceptors (Lipinski definition) is 3. The van der Waals surface area contributed by atoms with E-state index in [9.17, 15) is 9.90 Å². The second kappa shape index (κ2) is 5.85. The Hall–Kier alpha value is -0.870. The van der Waals surface area contributed by atoms with Gasteiger partial charge < -0.3 is 10.4 Å². The van der Waals surface area contributed by atoms with E-state index in [-0.39, 0.29) is 18.1 Å². The SMILES string of the molecule is CC1CCC(CO)(NC(=O)Cc2ccsc2)CC1. The Morgan fingerprint density at radius 3 is 2.83 bits per heavy atom. The fourth-order valence-electron chi connectivity index (χ4n) is 2.56. The van der Waals surface area contributed by atoms with Gasteiger partial charge >= 0.3 is 0 Å². The highest BCUT2D eigenvalue weighted by atomic mass is 32.1. The van der Waals surface area contributed by atoms with Gasteiger partial charge in [0.25, 0.3) is 0 Å². The molecule has 1 amide bonds. The van der Waals surface area contributed by atoms with Gasteiger partial charge in [-0.15, -0.1) is 0 Å². The number of aliphatic hydroxyl groups excluding tert-OH is 1. The van der Waals surface area contributed by atoms with Gasteiger partial charge in [-0.3, -0.25) is 4.79 Å². The van der Waals surface area contributed by atoms with E-state index in [0.717, 1.165) is 31.2 Å². The molecule has 0 spiro atoms. The molecule has 0 bridgehead atoms. The summed E-state index contributed by atoms with van der Waals surface area (Å²) in [5.74, 6) is 0.732. The molecule has 1 aromatic rings. The molecule has 2 rings (SSSR count). The number of carbonyl (C=O) groups excluding carboxylic acids is 1. The Bertz CT molecular complexity index is 381. The molecule has 0 atom stereocenters. The van der Waals surface area contributed by atoms with Crippen molar-refractivity contribution < 1.29 is 9.90 Å². The first-order chi connectivity index (χ1) is 8.63. The Labute approximate surface area is 112 Å². The van der Waals surface area contributed by atoms with E-state index in [1.54, 1.807) is 11.3 Å². The van der Waals surface area contributed by atoms with E-state index >= 15 is 0 Å². The fourth-order valence-corrected chi connectivity index (χ4v) is 3.22. The average molecular weight is 267 g/mol. The number of amides is 1. The topological polar surface area (TPSA) is 49.3 Å². The lowest BCUT2D eigenvalue weighted by atomic mass is 9.77. The number of hydrogen-bond donors (Lipinski definition) is 2. The summed E-state index contributed by atoms with van der Waals surface area (Å²) in [7, 11) is 0. The van der Waals surface area contributed by atoms with Crippen molar-refractivity contribution in [1.29, 1.82) is 0 Å². The summed E-state index contributed by atoms with van der Waals surface area (Å²) < 4.78 is 0. The summed E-state index contributed by atoms with van der Waals surface area (Å²) in [6.45, 7) is 2.28. The van der Waals surface area contributed by atoms with Crippen LogP contribution in [0.4, 0.5) is 0 Å². The molecule has 0 aliphatic heterocycles. The molecule has 1 aliphatic rings. The maximum Gasteiger partial charge on any atom is 0.224 e. The molecule has 0 aromatic carbocycles. The van der Waals surface area contributed by atoms with Crippen LogP contribution in [0.1, 0.15) is 38.2 Å². The summed E-state index contributed by atoms with van der Waals surface area (Å²) in [4.78, 5) is 12.0. The minimum absolute atomic E-state index is 0.0250. The number of thiophene rings is 1. The molecule has 4 heteroatoms. The molecular weight excluding hydrogens is 246 g/mol. The Morgan fingerprint density at radius 1 is 1.56 bits per heavy atom. The molecule has 0 unspecified atom stereocenters. The van der Waals surface area contributed by atoms with Crippen molar-refractivity contribution in [2.45, 2.75) is 44.6 Å². The molecule has 1 fully saturated rings. The standard InChI is InChI=1S/C14H21NO2S/c1-11-2-5-14(10-16,6-3-11)15-13(17)8-12-4-7-18-9-12/h4,7,9,11,16H,2-3,5-6,8,10H2,1H3,(H,15,17). The minimum Gasteiger partial charge on any atom is -0.394 e. The van der Waals surface area contributed by atoms with Crippen LogP contribution in [0, 0.1) is 5.92 Å². The third-order valence-corrected chi connectivity index (χ3v) is 4.62. The number of nitrogens with one attached hydrogen (secondary N) is 1. The Kier molecular flexibility index (Phi) is 4.40. The van der Waals surface area contributed by atoms with Crippen LogP contribution in [0.2, 0.25) is 0 Å². The molecule has 0 saturated heterocycles. The van der Waals surface area contributed by atoms with Crippen molar-refractivity contribution in [3.63, 3.8) is 0 Å². The Balaban J connectivity index is 1.91. The molecular formula is C14H21NO2S. The van der Waals surface area contributed by atoms with Crippen LogP contribution in [-0.4, -0.2) is 23.2 Å². The van der Waals surface area contributed by atoms with Crippen LogP contribution in [-0.2, 0) is 11.2 Å². The molecule has 1 aliphatic carbocycles. The predicted octanol–water partition coefficient (Wildman–Crippen LogP) is 2.35. The third kappa shape index (κ3) is 3.33. The zero-order chi connectivity index (χ0) is 13.0. The fraction of sp³-hybridized carbons (Fsp3) is 0.643. The summed E-state index contributed by atoms with van der Waals surface area (Å²) in [5.41, 5.74) is 0.675. The van der Waals surface area contributed by atoms with E-state index in [1.807, 2.05) is 16.8 Å². The zero-order valence-corrected chi connectivity index (χ0v) is 11.6. The molecule has 0 radical (unpaired) electrons. The van der Waals surface area contributed by atoms with Gasteiger partial charge in [-0.2, -0.15) is 11.3 Å². The molecule has 18 heavy (non-hydrogen) atoms. The second-order valence-electron chi connectivity index (χ2n) is 5.48. The van der Waals surface area contributed by atoms with Crippen molar-refractivity contribution in [3.8, 4) is 0 Å². The molecule has 2 N–H and O–H groups in total. The number of carbonyl (C=O) groups is 1. The van der Waals surface area contributed by atoms with Gasteiger partial charge in [-0.25, -0.2) is 0 Å². The van der Waals surface area contributed by atoms with Gasteiger partial charge in [-0.05, 0) is 54.0 Å². The molecule has 100 valence electrons. The van der Waals surface area contributed by atoms with Crippen LogP contribution in [0.15, 0.2) is 16.8 Å². The largest absolute Gasteiger partial charge is 0.394 e. The first kappa shape index (κ1) is 13.6. The zero-order valence-electron chi connectivity index (χ0n) is 10.8. The number of rotatable bonds is 4. The van der Waals surface area contributed by atoms with Crippen LogP contribution in [0.3, 0.4) is 0 Å². The Morgan fingerprint density at radius 2 is 2.28 bits per heavy atom. The molecule has 3 nitrogen and oxygen atoms in total. The molecule has 1 heterocycles. The van der Waals surface area contributed by atoms with E-state index in [2.05, 4.69) is 12.2 Å². The third-order valence-electron chi connectivity index (χ3n) is 3.88. The minimum atomic E-state index is -0.375. The lowest BCUT2D eigenvalue weighted by Gasteiger charge is -2.38. The monoisotopic (exact) mass is 267 g/mol. The molecule has 1 aromatic heterocycles. The lowest BCUT2D eigenvalue weighted by molar-refractivity contribution is -0.123. The van der Waals surface area contributed by atoms with E-state index < -0.39 is 0 Å². The van der Waals surface area contributed by atoms with E-state index in [1.165, 1.54) is 0 Å². The number of aliphatic hydroxyl groups is 1. The van der Waals surface area contributed by atoms with Crippen molar-refractivity contribution in [2.24, 2.45) is 5.92 Å².